The van der Waals surface area contributed by atoms with Gasteiger partial charge in [0.2, 0.25) is 10.0 Å². The van der Waals surface area contributed by atoms with Gasteiger partial charge in [-0.3, -0.25) is 4.79 Å². The SMILES string of the molecule is COC(=O)c1ccccc1NC(=O)COc1ccc(S(=O)(=O)N[C@H](C)c2ccccc2)cc1Cl. The highest BCUT2D eigenvalue weighted by Gasteiger charge is 2.20. The molecular weight excluding hydrogens is 480 g/mol. The van der Waals surface area contributed by atoms with Gasteiger partial charge in [0.1, 0.15) is 5.75 Å². The Kier molecular flexibility index (Phi) is 8.27. The molecule has 3 rings (SSSR count). The second-order valence-corrected chi connectivity index (χ2v) is 9.34. The molecule has 0 aliphatic heterocycles. The lowest BCUT2D eigenvalue weighted by Gasteiger charge is -2.15. The molecule has 0 aromatic heterocycles. The third kappa shape index (κ3) is 6.34. The van der Waals surface area contributed by atoms with Crippen molar-refractivity contribution in [1.82, 2.24) is 4.72 Å². The number of esters is 1. The van der Waals surface area contributed by atoms with Crippen LogP contribution in [0, 0.1) is 0 Å². The van der Waals surface area contributed by atoms with Crippen LogP contribution in [-0.4, -0.2) is 34.0 Å². The number of ether oxygens (including phenoxy) is 2. The van der Waals surface area contributed by atoms with Crippen LogP contribution < -0.4 is 14.8 Å². The van der Waals surface area contributed by atoms with Crippen LogP contribution in [0.2, 0.25) is 5.02 Å². The number of methoxy groups -OCH3 is 1. The number of hydrogen-bond donors (Lipinski definition) is 2. The molecular formula is C24H23ClN2O6S. The monoisotopic (exact) mass is 502 g/mol. The molecule has 2 N–H and O–H groups in total. The molecule has 0 aliphatic rings. The Balaban J connectivity index is 1.64. The summed E-state index contributed by atoms with van der Waals surface area (Å²) in [5.74, 6) is -0.998. The van der Waals surface area contributed by atoms with Crippen LogP contribution in [0.25, 0.3) is 0 Å². The van der Waals surface area contributed by atoms with Crippen molar-refractivity contribution in [3.05, 3.63) is 88.9 Å². The van der Waals surface area contributed by atoms with E-state index in [1.807, 2.05) is 30.3 Å². The Morgan fingerprint density at radius 3 is 2.35 bits per heavy atom. The average Bonchev–Trinajstić information content (AvgIpc) is 2.83. The predicted octanol–water partition coefficient (Wildman–Crippen LogP) is 4.18. The van der Waals surface area contributed by atoms with Crippen molar-refractivity contribution in [3.8, 4) is 5.75 Å². The van der Waals surface area contributed by atoms with Gasteiger partial charge in [-0.15, -0.1) is 0 Å². The van der Waals surface area contributed by atoms with Crippen molar-refractivity contribution in [2.45, 2.75) is 17.9 Å². The van der Waals surface area contributed by atoms with Crippen LogP contribution >= 0.6 is 11.6 Å². The first-order chi connectivity index (χ1) is 16.2. The maximum atomic E-state index is 12.7. The second kappa shape index (κ2) is 11.1. The van der Waals surface area contributed by atoms with Crippen LogP contribution in [0.5, 0.6) is 5.75 Å². The third-order valence-electron chi connectivity index (χ3n) is 4.81. The number of nitrogens with one attached hydrogen (secondary N) is 2. The number of halogens is 1. The number of sulfonamides is 1. The molecule has 0 radical (unpaired) electrons. The molecule has 0 bridgehead atoms. The molecule has 0 aliphatic carbocycles. The van der Waals surface area contributed by atoms with E-state index >= 15 is 0 Å². The molecule has 1 atom stereocenters. The zero-order valence-electron chi connectivity index (χ0n) is 18.4. The lowest BCUT2D eigenvalue weighted by Crippen LogP contribution is -2.27. The van der Waals surface area contributed by atoms with Gasteiger partial charge in [-0.2, -0.15) is 0 Å². The van der Waals surface area contributed by atoms with Gasteiger partial charge in [-0.25, -0.2) is 17.9 Å². The first-order valence-corrected chi connectivity index (χ1v) is 12.0. The fourth-order valence-corrected chi connectivity index (χ4v) is 4.64. The molecule has 0 saturated carbocycles. The Morgan fingerprint density at radius 2 is 1.68 bits per heavy atom. The van der Waals surface area contributed by atoms with E-state index in [0.29, 0.717) is 0 Å². The fourth-order valence-electron chi connectivity index (χ4n) is 3.09. The van der Waals surface area contributed by atoms with Crippen molar-refractivity contribution in [3.63, 3.8) is 0 Å². The molecule has 34 heavy (non-hydrogen) atoms. The minimum Gasteiger partial charge on any atom is -0.482 e. The van der Waals surface area contributed by atoms with Crippen LogP contribution in [0.1, 0.15) is 28.9 Å². The van der Waals surface area contributed by atoms with Gasteiger partial charge < -0.3 is 14.8 Å². The summed E-state index contributed by atoms with van der Waals surface area (Å²) in [5.41, 5.74) is 1.29. The summed E-state index contributed by atoms with van der Waals surface area (Å²) in [6, 6.07) is 19.0. The fraction of sp³-hybridized carbons (Fsp3) is 0.167. The quantitative estimate of drug-likeness (QED) is 0.424. The van der Waals surface area contributed by atoms with Crippen molar-refractivity contribution in [1.29, 1.82) is 0 Å². The number of anilines is 1. The number of para-hydroxylation sites is 1. The minimum atomic E-state index is -3.85. The summed E-state index contributed by atoms with van der Waals surface area (Å²) in [6.07, 6.45) is 0. The van der Waals surface area contributed by atoms with Crippen LogP contribution in [0.4, 0.5) is 5.69 Å². The summed E-state index contributed by atoms with van der Waals surface area (Å²) in [4.78, 5) is 24.1. The molecule has 3 aromatic rings. The van der Waals surface area contributed by atoms with Crippen molar-refractivity contribution in [2.24, 2.45) is 0 Å². The summed E-state index contributed by atoms with van der Waals surface area (Å²) >= 11 is 6.21. The molecule has 178 valence electrons. The van der Waals surface area contributed by atoms with E-state index in [9.17, 15) is 18.0 Å². The number of rotatable bonds is 9. The van der Waals surface area contributed by atoms with E-state index in [1.165, 1.54) is 31.4 Å². The van der Waals surface area contributed by atoms with Gasteiger partial charge in [0.25, 0.3) is 5.91 Å². The Bertz CT molecular complexity index is 1280. The average molecular weight is 503 g/mol. The Labute approximate surface area is 202 Å². The smallest absolute Gasteiger partial charge is 0.339 e. The third-order valence-corrected chi connectivity index (χ3v) is 6.64. The molecule has 1 amide bonds. The summed E-state index contributed by atoms with van der Waals surface area (Å²) in [5, 5.41) is 2.60. The van der Waals surface area contributed by atoms with Crippen molar-refractivity contribution < 1.29 is 27.5 Å². The predicted molar refractivity (Wildman–Crippen MR) is 129 cm³/mol. The standard InChI is InChI=1S/C24H23ClN2O6S/c1-16(17-8-4-3-5-9-17)27-34(30,31)18-12-13-22(20(25)14-18)33-15-23(28)26-21-11-7-6-10-19(21)24(29)32-2/h3-14,16,27H,15H2,1-2H3,(H,26,28)/t16-/m1/s1. The lowest BCUT2D eigenvalue weighted by atomic mass is 10.1. The number of amides is 1. The number of carbonyl (C=O) groups is 2. The van der Waals surface area contributed by atoms with E-state index in [1.54, 1.807) is 25.1 Å². The van der Waals surface area contributed by atoms with E-state index < -0.39 is 34.5 Å². The maximum absolute atomic E-state index is 12.7. The number of carbonyl (C=O) groups excluding carboxylic acids is 2. The van der Waals surface area contributed by atoms with Crippen molar-refractivity contribution in [2.75, 3.05) is 19.0 Å². The zero-order valence-corrected chi connectivity index (χ0v) is 20.0. The summed E-state index contributed by atoms with van der Waals surface area (Å²) in [6.45, 7) is 1.33. The van der Waals surface area contributed by atoms with Gasteiger partial charge in [0, 0.05) is 6.04 Å². The van der Waals surface area contributed by atoms with Gasteiger partial charge in [0.05, 0.1) is 28.3 Å². The van der Waals surface area contributed by atoms with E-state index in [2.05, 4.69) is 10.0 Å². The van der Waals surface area contributed by atoms with E-state index in [4.69, 9.17) is 21.1 Å². The van der Waals surface area contributed by atoms with Crippen LogP contribution in [0.3, 0.4) is 0 Å². The van der Waals surface area contributed by atoms with Gasteiger partial charge >= 0.3 is 5.97 Å². The topological polar surface area (TPSA) is 111 Å². The highest BCUT2D eigenvalue weighted by Crippen LogP contribution is 2.28. The molecule has 0 heterocycles. The molecule has 0 fully saturated rings. The molecule has 0 unspecified atom stereocenters. The minimum absolute atomic E-state index is 0.0259. The molecule has 10 heteroatoms. The zero-order chi connectivity index (χ0) is 24.7. The Morgan fingerprint density at radius 1 is 1.00 bits per heavy atom. The molecule has 0 saturated heterocycles. The summed E-state index contributed by atoms with van der Waals surface area (Å²) < 4.78 is 38.2. The number of hydrogen-bond acceptors (Lipinski definition) is 6. The Hall–Kier alpha value is -3.40. The highest BCUT2D eigenvalue weighted by atomic mass is 35.5. The van der Waals surface area contributed by atoms with Crippen molar-refractivity contribution >= 4 is 39.2 Å². The lowest BCUT2D eigenvalue weighted by molar-refractivity contribution is -0.118. The maximum Gasteiger partial charge on any atom is 0.339 e. The highest BCUT2D eigenvalue weighted by molar-refractivity contribution is 7.89. The molecule has 3 aromatic carbocycles. The summed E-state index contributed by atoms with van der Waals surface area (Å²) in [7, 11) is -2.60. The largest absolute Gasteiger partial charge is 0.482 e. The second-order valence-electron chi connectivity index (χ2n) is 7.22. The van der Waals surface area contributed by atoms with Crippen LogP contribution in [-0.2, 0) is 19.6 Å². The van der Waals surface area contributed by atoms with E-state index in [-0.39, 0.29) is 26.9 Å². The van der Waals surface area contributed by atoms with Gasteiger partial charge in [-0.05, 0) is 42.8 Å². The van der Waals surface area contributed by atoms with Crippen LogP contribution in [0.15, 0.2) is 77.7 Å². The van der Waals surface area contributed by atoms with Gasteiger partial charge in [0.15, 0.2) is 6.61 Å². The first kappa shape index (κ1) is 25.2. The van der Waals surface area contributed by atoms with Gasteiger partial charge in [-0.1, -0.05) is 54.1 Å². The molecule has 0 spiro atoms. The first-order valence-electron chi connectivity index (χ1n) is 10.2. The normalized spacial score (nSPS) is 12.0. The van der Waals surface area contributed by atoms with E-state index in [0.717, 1.165) is 5.56 Å². The number of benzene rings is 3. The molecule has 8 nitrogen and oxygen atoms in total.